The quantitative estimate of drug-likeness (QED) is 0.889. The third-order valence-corrected chi connectivity index (χ3v) is 7.30. The molecule has 2 amide bonds. The summed E-state index contributed by atoms with van der Waals surface area (Å²) in [5, 5.41) is 3.11. The molecule has 0 atom stereocenters. The zero-order valence-electron chi connectivity index (χ0n) is 15.9. The van der Waals surface area contributed by atoms with Crippen molar-refractivity contribution in [2.45, 2.75) is 56.0 Å². The van der Waals surface area contributed by atoms with Crippen molar-refractivity contribution in [3.8, 4) is 0 Å². The second kappa shape index (κ2) is 6.52. The molecule has 3 aliphatic rings. The first-order valence-electron chi connectivity index (χ1n) is 9.94. The minimum Gasteiger partial charge on any atom is -0.336 e. The average Bonchev–Trinajstić information content (AvgIpc) is 2.89. The van der Waals surface area contributed by atoms with Crippen molar-refractivity contribution < 1.29 is 9.18 Å². The first kappa shape index (κ1) is 17.8. The Morgan fingerprint density at radius 3 is 2.35 bits per heavy atom. The van der Waals surface area contributed by atoms with Gasteiger partial charge in [-0.2, -0.15) is 0 Å². The SMILES string of the molecule is CN(C)C1(c2ccc(F)cc2)CCC2(CC1)CNC(=O)N2CC1CCC1. The van der Waals surface area contributed by atoms with Gasteiger partial charge in [0.1, 0.15) is 5.82 Å². The van der Waals surface area contributed by atoms with Gasteiger partial charge in [0.05, 0.1) is 5.54 Å². The van der Waals surface area contributed by atoms with Crippen LogP contribution in [0, 0.1) is 11.7 Å². The molecule has 142 valence electrons. The Kier molecular flexibility index (Phi) is 4.46. The first-order valence-corrected chi connectivity index (χ1v) is 9.94. The molecule has 26 heavy (non-hydrogen) atoms. The minimum absolute atomic E-state index is 0.0355. The van der Waals surface area contributed by atoms with Gasteiger partial charge in [-0.1, -0.05) is 18.6 Å². The molecule has 0 unspecified atom stereocenters. The molecule has 2 saturated carbocycles. The van der Waals surface area contributed by atoms with Gasteiger partial charge >= 0.3 is 6.03 Å². The predicted molar refractivity (Wildman–Crippen MR) is 100 cm³/mol. The number of carbonyl (C=O) groups excluding carboxylic acids is 1. The van der Waals surface area contributed by atoms with Crippen LogP contribution in [0.15, 0.2) is 24.3 Å². The fourth-order valence-electron chi connectivity index (χ4n) is 5.19. The van der Waals surface area contributed by atoms with E-state index in [1.165, 1.54) is 24.8 Å². The van der Waals surface area contributed by atoms with Gasteiger partial charge in [0, 0.05) is 18.6 Å². The Labute approximate surface area is 155 Å². The van der Waals surface area contributed by atoms with Crippen LogP contribution >= 0.6 is 0 Å². The number of carbonyl (C=O) groups is 1. The van der Waals surface area contributed by atoms with Crippen LogP contribution in [0.2, 0.25) is 0 Å². The van der Waals surface area contributed by atoms with Crippen molar-refractivity contribution in [3.63, 3.8) is 0 Å². The lowest BCUT2D eigenvalue weighted by Crippen LogP contribution is -2.56. The normalized spacial score (nSPS) is 32.2. The van der Waals surface area contributed by atoms with Crippen LogP contribution in [-0.4, -0.2) is 48.6 Å². The standard InChI is InChI=1S/C21H30FN3O/c1-24(2)21(17-6-8-18(22)9-7-17)12-10-20(11-13-21)15-23-19(26)25(20)14-16-4-3-5-16/h6-9,16H,3-5,10-15H2,1-2H3,(H,23,26). The summed E-state index contributed by atoms with van der Waals surface area (Å²) in [5.41, 5.74) is 1.07. The largest absolute Gasteiger partial charge is 0.336 e. The molecule has 1 aromatic carbocycles. The molecule has 1 spiro atoms. The monoisotopic (exact) mass is 359 g/mol. The maximum Gasteiger partial charge on any atom is 0.318 e. The molecule has 0 bridgehead atoms. The number of benzene rings is 1. The number of hydrogen-bond acceptors (Lipinski definition) is 2. The molecule has 1 saturated heterocycles. The lowest BCUT2D eigenvalue weighted by Gasteiger charge is -2.51. The number of halogens is 1. The zero-order chi connectivity index (χ0) is 18.4. The van der Waals surface area contributed by atoms with Gasteiger partial charge in [0.2, 0.25) is 0 Å². The van der Waals surface area contributed by atoms with Gasteiger partial charge in [-0.25, -0.2) is 9.18 Å². The zero-order valence-corrected chi connectivity index (χ0v) is 15.9. The molecule has 4 rings (SSSR count). The molecule has 0 radical (unpaired) electrons. The van der Waals surface area contributed by atoms with Crippen molar-refractivity contribution in [1.82, 2.24) is 15.1 Å². The van der Waals surface area contributed by atoms with E-state index in [-0.39, 0.29) is 22.9 Å². The molecular weight excluding hydrogens is 329 g/mol. The smallest absolute Gasteiger partial charge is 0.318 e. The second-order valence-electron chi connectivity index (χ2n) is 8.72. The molecule has 4 nitrogen and oxygen atoms in total. The molecular formula is C21H30FN3O. The summed E-state index contributed by atoms with van der Waals surface area (Å²) in [6.45, 7) is 1.68. The maximum absolute atomic E-state index is 13.4. The fraction of sp³-hybridized carbons (Fsp3) is 0.667. The third kappa shape index (κ3) is 2.81. The summed E-state index contributed by atoms with van der Waals surface area (Å²) in [6.07, 6.45) is 7.79. The van der Waals surface area contributed by atoms with E-state index in [1.54, 1.807) is 12.1 Å². The van der Waals surface area contributed by atoms with Gasteiger partial charge in [0.15, 0.2) is 0 Å². The van der Waals surface area contributed by atoms with E-state index < -0.39 is 0 Å². The Bertz CT molecular complexity index is 660. The first-order chi connectivity index (χ1) is 12.5. The van der Waals surface area contributed by atoms with Crippen molar-refractivity contribution in [1.29, 1.82) is 0 Å². The Morgan fingerprint density at radius 2 is 1.81 bits per heavy atom. The Balaban J connectivity index is 1.55. The summed E-state index contributed by atoms with van der Waals surface area (Å²) in [5.74, 6) is 0.501. The van der Waals surface area contributed by atoms with E-state index >= 15 is 0 Å². The minimum atomic E-state index is -0.188. The molecule has 1 aromatic rings. The van der Waals surface area contributed by atoms with E-state index in [0.29, 0.717) is 5.92 Å². The van der Waals surface area contributed by atoms with Crippen LogP contribution in [0.4, 0.5) is 9.18 Å². The predicted octanol–water partition coefficient (Wildman–Crippen LogP) is 3.72. The molecule has 5 heteroatoms. The van der Waals surface area contributed by atoms with Gasteiger partial charge < -0.3 is 10.2 Å². The molecule has 1 heterocycles. The summed E-state index contributed by atoms with van der Waals surface area (Å²) >= 11 is 0. The molecule has 1 aliphatic heterocycles. The highest BCUT2D eigenvalue weighted by atomic mass is 19.1. The van der Waals surface area contributed by atoms with E-state index in [1.807, 2.05) is 12.1 Å². The lowest BCUT2D eigenvalue weighted by atomic mass is 9.68. The van der Waals surface area contributed by atoms with Gasteiger partial charge in [-0.05, 0) is 76.2 Å². The van der Waals surface area contributed by atoms with Gasteiger partial charge in [0.25, 0.3) is 0 Å². The van der Waals surface area contributed by atoms with Crippen LogP contribution < -0.4 is 5.32 Å². The van der Waals surface area contributed by atoms with Crippen LogP contribution in [0.3, 0.4) is 0 Å². The topological polar surface area (TPSA) is 35.6 Å². The van der Waals surface area contributed by atoms with Gasteiger partial charge in [-0.15, -0.1) is 0 Å². The molecule has 3 fully saturated rings. The number of urea groups is 1. The van der Waals surface area contributed by atoms with Gasteiger partial charge in [-0.3, -0.25) is 4.90 Å². The number of hydrogen-bond donors (Lipinski definition) is 1. The second-order valence-corrected chi connectivity index (χ2v) is 8.72. The van der Waals surface area contributed by atoms with Crippen molar-refractivity contribution in [3.05, 3.63) is 35.6 Å². The Morgan fingerprint density at radius 1 is 1.15 bits per heavy atom. The average molecular weight is 359 g/mol. The number of amides is 2. The van der Waals surface area contributed by atoms with Crippen LogP contribution in [0.5, 0.6) is 0 Å². The maximum atomic E-state index is 13.4. The van der Waals surface area contributed by atoms with E-state index in [4.69, 9.17) is 0 Å². The summed E-state index contributed by atoms with van der Waals surface area (Å²) in [4.78, 5) is 16.9. The molecule has 2 aliphatic carbocycles. The summed E-state index contributed by atoms with van der Waals surface area (Å²) in [7, 11) is 4.23. The molecule has 0 aromatic heterocycles. The van der Waals surface area contributed by atoms with Crippen LogP contribution in [0.1, 0.15) is 50.5 Å². The summed E-state index contributed by atoms with van der Waals surface area (Å²) in [6, 6.07) is 7.11. The van der Waals surface area contributed by atoms with Crippen molar-refractivity contribution in [2.75, 3.05) is 27.2 Å². The highest BCUT2D eigenvalue weighted by Gasteiger charge is 2.52. The highest BCUT2D eigenvalue weighted by molar-refractivity contribution is 5.78. The lowest BCUT2D eigenvalue weighted by molar-refractivity contribution is 0.0170. The Hall–Kier alpha value is -1.62. The fourth-order valence-corrected chi connectivity index (χ4v) is 5.19. The summed E-state index contributed by atoms with van der Waals surface area (Å²) < 4.78 is 13.4. The van der Waals surface area contributed by atoms with Crippen molar-refractivity contribution >= 4 is 6.03 Å². The van der Waals surface area contributed by atoms with Crippen LogP contribution in [-0.2, 0) is 5.54 Å². The van der Waals surface area contributed by atoms with E-state index in [2.05, 4.69) is 29.2 Å². The number of rotatable bonds is 4. The van der Waals surface area contributed by atoms with Crippen LogP contribution in [0.25, 0.3) is 0 Å². The van der Waals surface area contributed by atoms with Crippen molar-refractivity contribution in [2.24, 2.45) is 5.92 Å². The van der Waals surface area contributed by atoms with E-state index in [0.717, 1.165) is 38.8 Å². The highest BCUT2D eigenvalue weighted by Crippen LogP contribution is 2.48. The third-order valence-electron chi connectivity index (χ3n) is 7.30. The number of nitrogens with zero attached hydrogens (tertiary/aromatic N) is 2. The number of nitrogens with one attached hydrogen (secondary N) is 1. The van der Waals surface area contributed by atoms with E-state index in [9.17, 15) is 9.18 Å². The molecule has 1 N–H and O–H groups in total.